The van der Waals surface area contributed by atoms with Crippen molar-refractivity contribution in [1.82, 2.24) is 14.9 Å². The molecule has 0 radical (unpaired) electrons. The van der Waals surface area contributed by atoms with E-state index in [2.05, 4.69) is 47.9 Å². The van der Waals surface area contributed by atoms with Gasteiger partial charge in [0.2, 0.25) is 0 Å². The SMILES string of the molecule is CCC(CC)CN(CCCOc1ccncc1NC(=O)c1c[nH]c2c1C(=O)CCC2)CC(CC)CC. The third-order valence-corrected chi connectivity index (χ3v) is 7.56. The average Bonchev–Trinajstić information content (AvgIpc) is 3.34. The van der Waals surface area contributed by atoms with Gasteiger partial charge < -0.3 is 19.9 Å². The minimum absolute atomic E-state index is 0.0247. The lowest BCUT2D eigenvalue weighted by molar-refractivity contribution is 0.0956. The maximum atomic E-state index is 13.0. The molecule has 0 bridgehead atoms. The Kier molecular flexibility index (Phi) is 11.0. The van der Waals surface area contributed by atoms with Crippen LogP contribution < -0.4 is 10.1 Å². The highest BCUT2D eigenvalue weighted by atomic mass is 16.5. The first-order valence-electron chi connectivity index (χ1n) is 13.8. The number of anilines is 1. The molecule has 0 aromatic carbocycles. The zero-order valence-corrected chi connectivity index (χ0v) is 22.6. The third-order valence-electron chi connectivity index (χ3n) is 7.56. The van der Waals surface area contributed by atoms with Gasteiger partial charge in [0.05, 0.1) is 23.9 Å². The van der Waals surface area contributed by atoms with E-state index in [4.69, 9.17) is 4.74 Å². The summed E-state index contributed by atoms with van der Waals surface area (Å²) in [6, 6.07) is 1.78. The van der Waals surface area contributed by atoms with Crippen molar-refractivity contribution in [2.45, 2.75) is 79.1 Å². The Morgan fingerprint density at radius 3 is 2.47 bits per heavy atom. The molecule has 36 heavy (non-hydrogen) atoms. The minimum atomic E-state index is -0.317. The molecule has 0 saturated carbocycles. The summed E-state index contributed by atoms with van der Waals surface area (Å²) in [5.41, 5.74) is 2.29. The van der Waals surface area contributed by atoms with Crippen LogP contribution in [0, 0.1) is 11.8 Å². The van der Waals surface area contributed by atoms with E-state index >= 15 is 0 Å². The van der Waals surface area contributed by atoms with Crippen LogP contribution >= 0.6 is 0 Å². The molecule has 0 fully saturated rings. The van der Waals surface area contributed by atoms with Crippen LogP contribution in [0.1, 0.15) is 99.1 Å². The number of rotatable bonds is 15. The Balaban J connectivity index is 1.58. The van der Waals surface area contributed by atoms with Gasteiger partial charge in [-0.15, -0.1) is 0 Å². The van der Waals surface area contributed by atoms with Crippen molar-refractivity contribution in [2.75, 3.05) is 31.6 Å². The Morgan fingerprint density at radius 1 is 1.11 bits per heavy atom. The van der Waals surface area contributed by atoms with Gasteiger partial charge in [-0.25, -0.2) is 0 Å². The van der Waals surface area contributed by atoms with E-state index in [1.165, 1.54) is 25.7 Å². The molecule has 2 N–H and O–H groups in total. The monoisotopic (exact) mass is 496 g/mol. The fourth-order valence-electron chi connectivity index (χ4n) is 5.05. The number of ether oxygens (including phenoxy) is 1. The molecule has 0 atom stereocenters. The van der Waals surface area contributed by atoms with Gasteiger partial charge in [0.15, 0.2) is 5.78 Å². The molecule has 1 aliphatic carbocycles. The number of Topliss-reactive ketones (excluding diaryl/α,β-unsaturated/α-hetero) is 1. The van der Waals surface area contributed by atoms with Crippen molar-refractivity contribution in [1.29, 1.82) is 0 Å². The molecule has 0 saturated heterocycles. The van der Waals surface area contributed by atoms with E-state index in [1.54, 1.807) is 24.7 Å². The Morgan fingerprint density at radius 2 is 1.81 bits per heavy atom. The summed E-state index contributed by atoms with van der Waals surface area (Å²) in [5, 5.41) is 2.91. The molecule has 198 valence electrons. The van der Waals surface area contributed by atoms with Crippen molar-refractivity contribution < 1.29 is 14.3 Å². The normalized spacial score (nSPS) is 13.5. The zero-order valence-electron chi connectivity index (χ0n) is 22.6. The summed E-state index contributed by atoms with van der Waals surface area (Å²) in [4.78, 5) is 35.3. The molecule has 2 aromatic heterocycles. The van der Waals surface area contributed by atoms with Crippen LogP contribution in [0.3, 0.4) is 0 Å². The molecule has 0 unspecified atom stereocenters. The number of aryl methyl sites for hydroxylation is 1. The van der Waals surface area contributed by atoms with E-state index in [1.807, 2.05) is 0 Å². The van der Waals surface area contributed by atoms with Gasteiger partial charge in [0.25, 0.3) is 5.91 Å². The smallest absolute Gasteiger partial charge is 0.258 e. The molecule has 2 heterocycles. The standard InChI is InChI=1S/C29H44N4O3/c1-5-21(6-2)19-33(20-22(7-3)8-4)15-10-16-36-27-13-14-30-18-25(27)32-29(35)23-17-31-24-11-9-12-26(34)28(23)24/h13-14,17-18,21-22,31H,5-12,15-16,19-20H2,1-4H3,(H,32,35). The first-order chi connectivity index (χ1) is 17.5. The van der Waals surface area contributed by atoms with Crippen LogP contribution in [0.15, 0.2) is 24.7 Å². The Bertz CT molecular complexity index is 965. The number of amides is 1. The van der Waals surface area contributed by atoms with Crippen LogP contribution in [0.4, 0.5) is 5.69 Å². The molecule has 7 heteroatoms. The van der Waals surface area contributed by atoms with Gasteiger partial charge in [-0.3, -0.25) is 14.6 Å². The number of hydrogen-bond donors (Lipinski definition) is 2. The number of nitrogens with one attached hydrogen (secondary N) is 2. The molecule has 0 spiro atoms. The quantitative estimate of drug-likeness (QED) is 0.290. The second-order valence-corrected chi connectivity index (χ2v) is 9.99. The molecule has 7 nitrogen and oxygen atoms in total. The first-order valence-corrected chi connectivity index (χ1v) is 13.8. The summed E-state index contributed by atoms with van der Waals surface area (Å²) >= 11 is 0. The van der Waals surface area contributed by atoms with Gasteiger partial charge >= 0.3 is 0 Å². The van der Waals surface area contributed by atoms with Crippen LogP contribution in [-0.2, 0) is 6.42 Å². The van der Waals surface area contributed by atoms with Crippen LogP contribution in [0.2, 0.25) is 0 Å². The lowest BCUT2D eigenvalue weighted by atomic mass is 9.93. The molecule has 1 aliphatic rings. The average molecular weight is 497 g/mol. The van der Waals surface area contributed by atoms with E-state index in [0.29, 0.717) is 35.6 Å². The molecule has 2 aromatic rings. The predicted molar refractivity (Wildman–Crippen MR) is 145 cm³/mol. The van der Waals surface area contributed by atoms with Crippen molar-refractivity contribution in [2.24, 2.45) is 11.8 Å². The van der Waals surface area contributed by atoms with Gasteiger partial charge in [0, 0.05) is 50.2 Å². The van der Waals surface area contributed by atoms with E-state index in [-0.39, 0.29) is 11.7 Å². The van der Waals surface area contributed by atoms with Gasteiger partial charge in [0.1, 0.15) is 11.4 Å². The molecule has 0 aliphatic heterocycles. The lowest BCUT2D eigenvalue weighted by Gasteiger charge is -2.29. The van der Waals surface area contributed by atoms with Crippen LogP contribution in [0.5, 0.6) is 5.75 Å². The minimum Gasteiger partial charge on any atom is -0.491 e. The van der Waals surface area contributed by atoms with Crippen LogP contribution in [0.25, 0.3) is 0 Å². The highest BCUT2D eigenvalue weighted by Crippen LogP contribution is 2.27. The van der Waals surface area contributed by atoms with E-state index in [9.17, 15) is 9.59 Å². The number of hydrogen-bond acceptors (Lipinski definition) is 5. The van der Waals surface area contributed by atoms with E-state index in [0.717, 1.165) is 56.4 Å². The summed E-state index contributed by atoms with van der Waals surface area (Å²) in [6.45, 7) is 13.0. The van der Waals surface area contributed by atoms with E-state index < -0.39 is 0 Å². The first kappa shape index (κ1) is 27.9. The highest BCUT2D eigenvalue weighted by molar-refractivity contribution is 6.13. The molecule has 3 rings (SSSR count). The number of fused-ring (bicyclic) bond motifs is 1. The van der Waals surface area contributed by atoms with Crippen molar-refractivity contribution in [3.8, 4) is 5.75 Å². The molecular formula is C29H44N4O3. The number of H-pyrrole nitrogens is 1. The van der Waals surface area contributed by atoms with Gasteiger partial charge in [-0.1, -0.05) is 53.4 Å². The number of nitrogens with zero attached hydrogens (tertiary/aromatic N) is 2. The van der Waals surface area contributed by atoms with Crippen molar-refractivity contribution >= 4 is 17.4 Å². The summed E-state index contributed by atoms with van der Waals surface area (Å²) in [5.74, 6) is 1.76. The summed E-state index contributed by atoms with van der Waals surface area (Å²) in [6.07, 6.45) is 12.7. The largest absolute Gasteiger partial charge is 0.491 e. The highest BCUT2D eigenvalue weighted by Gasteiger charge is 2.26. The maximum Gasteiger partial charge on any atom is 0.258 e. The third kappa shape index (κ3) is 7.42. The summed E-state index contributed by atoms with van der Waals surface area (Å²) in [7, 11) is 0. The van der Waals surface area contributed by atoms with Gasteiger partial charge in [-0.2, -0.15) is 0 Å². The molecular weight excluding hydrogens is 452 g/mol. The predicted octanol–water partition coefficient (Wildman–Crippen LogP) is 6.12. The lowest BCUT2D eigenvalue weighted by Crippen LogP contribution is -2.35. The van der Waals surface area contributed by atoms with Crippen LogP contribution in [-0.4, -0.2) is 52.8 Å². The number of carbonyl (C=O) groups is 2. The second-order valence-electron chi connectivity index (χ2n) is 9.99. The van der Waals surface area contributed by atoms with Crippen molar-refractivity contribution in [3.63, 3.8) is 0 Å². The fourth-order valence-corrected chi connectivity index (χ4v) is 5.05. The number of carbonyl (C=O) groups excluding carboxylic acids is 2. The molecule has 1 amide bonds. The Hall–Kier alpha value is -2.67. The number of aromatic nitrogens is 2. The number of ketones is 1. The Labute approximate surface area is 216 Å². The zero-order chi connectivity index (χ0) is 25.9. The maximum absolute atomic E-state index is 13.0. The fraction of sp³-hybridized carbons (Fsp3) is 0.621. The number of aromatic amines is 1. The van der Waals surface area contributed by atoms with Gasteiger partial charge in [-0.05, 0) is 31.1 Å². The topological polar surface area (TPSA) is 87.3 Å². The second kappa shape index (κ2) is 14.2. The number of pyridine rings is 1. The summed E-state index contributed by atoms with van der Waals surface area (Å²) < 4.78 is 6.10. The van der Waals surface area contributed by atoms with Crippen molar-refractivity contribution in [3.05, 3.63) is 41.5 Å².